The summed E-state index contributed by atoms with van der Waals surface area (Å²) in [6, 6.07) is 0. The fourth-order valence-corrected chi connectivity index (χ4v) is 2.12. The van der Waals surface area contributed by atoms with Gasteiger partial charge in [0.2, 0.25) is 0 Å². The molecule has 0 saturated heterocycles. The number of hydrogen-bond donors (Lipinski definition) is 0. The Kier molecular flexibility index (Phi) is 3.23. The Balaban J connectivity index is 2.63. The second kappa shape index (κ2) is 4.42. The van der Waals surface area contributed by atoms with E-state index in [1.807, 2.05) is 6.92 Å². The summed E-state index contributed by atoms with van der Waals surface area (Å²) < 4.78 is 38.6. The second-order valence-electron chi connectivity index (χ2n) is 4.02. The third-order valence-electron chi connectivity index (χ3n) is 2.72. The zero-order valence-corrected chi connectivity index (χ0v) is 10.6. The van der Waals surface area contributed by atoms with Crippen LogP contribution in [0.5, 0.6) is 0 Å². The van der Waals surface area contributed by atoms with Gasteiger partial charge in [-0.05, 0) is 13.3 Å². The van der Waals surface area contributed by atoms with E-state index in [4.69, 9.17) is 11.6 Å². The molecule has 2 heterocycles. The van der Waals surface area contributed by atoms with Crippen LogP contribution in [0.1, 0.15) is 23.7 Å². The largest absolute Gasteiger partial charge is 0.393 e. The van der Waals surface area contributed by atoms with E-state index < -0.39 is 12.6 Å². The van der Waals surface area contributed by atoms with Crippen molar-refractivity contribution in [3.63, 3.8) is 0 Å². The van der Waals surface area contributed by atoms with Crippen LogP contribution >= 0.6 is 11.6 Å². The van der Waals surface area contributed by atoms with Crippen molar-refractivity contribution in [2.24, 2.45) is 0 Å². The van der Waals surface area contributed by atoms with Crippen LogP contribution in [-0.2, 0) is 12.8 Å². The van der Waals surface area contributed by atoms with Gasteiger partial charge < -0.3 is 0 Å². The summed E-state index contributed by atoms with van der Waals surface area (Å²) >= 11 is 5.98. The van der Waals surface area contributed by atoms with Crippen LogP contribution in [0.4, 0.5) is 13.2 Å². The highest BCUT2D eigenvalue weighted by Gasteiger charge is 2.31. The van der Waals surface area contributed by atoms with Gasteiger partial charge >= 0.3 is 6.18 Å². The summed E-state index contributed by atoms with van der Waals surface area (Å²) in [7, 11) is 0. The number of hydrogen-bond acceptors (Lipinski definition) is 2. The van der Waals surface area contributed by atoms with E-state index in [0.717, 1.165) is 5.56 Å². The normalized spacial score (nSPS) is 12.3. The van der Waals surface area contributed by atoms with Crippen LogP contribution in [0.2, 0.25) is 5.15 Å². The highest BCUT2D eigenvalue weighted by atomic mass is 35.5. The molecule has 2 aromatic rings. The number of nitrogens with zero attached hydrogens (tertiary/aromatic N) is 3. The lowest BCUT2D eigenvalue weighted by Crippen LogP contribution is -2.15. The first-order valence-electron chi connectivity index (χ1n) is 5.41. The van der Waals surface area contributed by atoms with Gasteiger partial charge in [-0.1, -0.05) is 18.5 Å². The van der Waals surface area contributed by atoms with Crippen molar-refractivity contribution >= 4 is 17.2 Å². The maximum Gasteiger partial charge on any atom is 0.393 e. The molecule has 0 saturated carbocycles. The van der Waals surface area contributed by atoms with E-state index in [0.29, 0.717) is 17.8 Å². The molecule has 0 aliphatic rings. The summed E-state index contributed by atoms with van der Waals surface area (Å²) in [6.07, 6.45) is -3.14. The zero-order chi connectivity index (χ0) is 13.5. The van der Waals surface area contributed by atoms with Crippen LogP contribution in [-0.4, -0.2) is 20.8 Å². The molecule has 18 heavy (non-hydrogen) atoms. The lowest BCUT2D eigenvalue weighted by molar-refractivity contribution is -0.127. The minimum atomic E-state index is -4.31. The van der Waals surface area contributed by atoms with Gasteiger partial charge in [-0.3, -0.25) is 0 Å². The molecule has 7 heteroatoms. The van der Waals surface area contributed by atoms with Gasteiger partial charge in [0.1, 0.15) is 5.15 Å². The Morgan fingerprint density at radius 3 is 2.61 bits per heavy atom. The number of halogens is 4. The molecule has 0 bridgehead atoms. The molecule has 2 aromatic heterocycles. The molecule has 0 spiro atoms. The first-order valence-corrected chi connectivity index (χ1v) is 5.79. The quantitative estimate of drug-likeness (QED) is 0.788. The van der Waals surface area contributed by atoms with Crippen molar-refractivity contribution in [1.29, 1.82) is 0 Å². The fourth-order valence-electron chi connectivity index (χ4n) is 1.79. The average Bonchev–Trinajstić information content (AvgIpc) is 2.65. The molecule has 0 unspecified atom stereocenters. The highest BCUT2D eigenvalue weighted by molar-refractivity contribution is 6.30. The molecule has 0 fully saturated rings. The monoisotopic (exact) mass is 277 g/mol. The third-order valence-corrected chi connectivity index (χ3v) is 3.11. The molecule has 0 aliphatic heterocycles. The smallest absolute Gasteiger partial charge is 0.233 e. The van der Waals surface area contributed by atoms with Gasteiger partial charge in [0.05, 0.1) is 12.6 Å². The van der Waals surface area contributed by atoms with E-state index in [1.165, 1.54) is 11.4 Å². The summed E-state index contributed by atoms with van der Waals surface area (Å²) in [5.74, 6) is 0. The Morgan fingerprint density at radius 2 is 2.06 bits per heavy atom. The Bertz CT molecular complexity index is 589. The van der Waals surface area contributed by atoms with E-state index in [2.05, 4.69) is 10.1 Å². The first-order chi connectivity index (χ1) is 8.33. The Hall–Kier alpha value is -1.30. The predicted octanol–water partition coefficient (Wildman–Crippen LogP) is 3.36. The van der Waals surface area contributed by atoms with Gasteiger partial charge in [-0.2, -0.15) is 18.3 Å². The van der Waals surface area contributed by atoms with Crippen molar-refractivity contribution < 1.29 is 13.2 Å². The third kappa shape index (κ3) is 2.29. The molecular formula is C11H11ClF3N3. The molecule has 0 aromatic carbocycles. The minimum Gasteiger partial charge on any atom is -0.233 e. The van der Waals surface area contributed by atoms with Crippen molar-refractivity contribution in [1.82, 2.24) is 14.6 Å². The Morgan fingerprint density at radius 1 is 1.39 bits per heavy atom. The molecular weight excluding hydrogens is 267 g/mol. The number of aryl methyl sites for hydroxylation is 2. The standard InChI is InChI=1S/C11H11ClF3N3/c1-3-7-5-16-18-9(12)8(4-11(13,14)15)6(2)17-10(7)18/h5H,3-4H2,1-2H3. The first kappa shape index (κ1) is 13.1. The number of aromatic nitrogens is 3. The summed E-state index contributed by atoms with van der Waals surface area (Å²) in [5, 5.41) is 3.96. The van der Waals surface area contributed by atoms with Gasteiger partial charge in [0, 0.05) is 16.8 Å². The SMILES string of the molecule is CCc1cnn2c(Cl)c(CC(F)(F)F)c(C)nc12. The van der Waals surface area contributed by atoms with E-state index >= 15 is 0 Å². The average molecular weight is 278 g/mol. The van der Waals surface area contributed by atoms with Gasteiger partial charge in [0.25, 0.3) is 0 Å². The van der Waals surface area contributed by atoms with Crippen molar-refractivity contribution in [3.05, 3.63) is 28.2 Å². The van der Waals surface area contributed by atoms with Gasteiger partial charge in [0.15, 0.2) is 5.65 Å². The number of rotatable bonds is 2. The molecule has 0 aliphatic carbocycles. The summed E-state index contributed by atoms with van der Waals surface area (Å²) in [5.41, 5.74) is 1.65. The lowest BCUT2D eigenvalue weighted by atomic mass is 10.1. The van der Waals surface area contributed by atoms with Gasteiger partial charge in [-0.15, -0.1) is 0 Å². The topological polar surface area (TPSA) is 30.2 Å². The van der Waals surface area contributed by atoms with Crippen LogP contribution < -0.4 is 0 Å². The molecule has 0 amide bonds. The Labute approximate surface area is 107 Å². The molecule has 0 radical (unpaired) electrons. The van der Waals surface area contributed by atoms with Crippen molar-refractivity contribution in [3.8, 4) is 0 Å². The minimum absolute atomic E-state index is 0.0190. The van der Waals surface area contributed by atoms with Gasteiger partial charge in [-0.25, -0.2) is 9.50 Å². The van der Waals surface area contributed by atoms with E-state index in [1.54, 1.807) is 6.20 Å². The number of fused-ring (bicyclic) bond motifs is 1. The van der Waals surface area contributed by atoms with Crippen LogP contribution in [0, 0.1) is 6.92 Å². The molecule has 0 atom stereocenters. The van der Waals surface area contributed by atoms with Crippen LogP contribution in [0.3, 0.4) is 0 Å². The number of alkyl halides is 3. The second-order valence-corrected chi connectivity index (χ2v) is 4.38. The maximum absolute atomic E-state index is 12.5. The predicted molar refractivity (Wildman–Crippen MR) is 61.9 cm³/mol. The molecule has 2 rings (SSSR count). The van der Waals surface area contributed by atoms with Crippen molar-refractivity contribution in [2.45, 2.75) is 32.9 Å². The summed E-state index contributed by atoms with van der Waals surface area (Å²) in [6.45, 7) is 3.45. The lowest BCUT2D eigenvalue weighted by Gasteiger charge is -2.11. The zero-order valence-electron chi connectivity index (χ0n) is 9.85. The van der Waals surface area contributed by atoms with Crippen molar-refractivity contribution in [2.75, 3.05) is 0 Å². The molecule has 3 nitrogen and oxygen atoms in total. The summed E-state index contributed by atoms with van der Waals surface area (Å²) in [4.78, 5) is 4.17. The molecule has 0 N–H and O–H groups in total. The van der Waals surface area contributed by atoms with E-state index in [9.17, 15) is 13.2 Å². The highest BCUT2D eigenvalue weighted by Crippen LogP contribution is 2.28. The maximum atomic E-state index is 12.5. The van der Waals surface area contributed by atoms with Crippen LogP contribution in [0.25, 0.3) is 5.65 Å². The van der Waals surface area contributed by atoms with E-state index in [-0.39, 0.29) is 10.7 Å². The molecule has 98 valence electrons. The van der Waals surface area contributed by atoms with Crippen LogP contribution in [0.15, 0.2) is 6.20 Å². The fraction of sp³-hybridized carbons (Fsp3) is 0.455.